The summed E-state index contributed by atoms with van der Waals surface area (Å²) in [4.78, 5) is 11.6. The molecule has 0 amide bonds. The first-order valence-electron chi connectivity index (χ1n) is 5.33. The van der Waals surface area contributed by atoms with Crippen LogP contribution in [0.2, 0.25) is 0 Å². The molecule has 0 bridgehead atoms. The Kier molecular flexibility index (Phi) is 3.67. The van der Waals surface area contributed by atoms with Gasteiger partial charge >= 0.3 is 5.97 Å². The minimum absolute atomic E-state index is 0.248. The maximum absolute atomic E-state index is 13.3. The van der Waals surface area contributed by atoms with Crippen LogP contribution in [0, 0.1) is 11.6 Å². The molecule has 0 heterocycles. The molecular formula is C14H10F2O2. The van der Waals surface area contributed by atoms with Gasteiger partial charge < -0.3 is 4.74 Å². The Labute approximate surface area is 103 Å². The number of hydrogen-bond acceptors (Lipinski definition) is 2. The summed E-state index contributed by atoms with van der Waals surface area (Å²) >= 11 is 0. The van der Waals surface area contributed by atoms with Gasteiger partial charge in [0.1, 0.15) is 18.2 Å². The van der Waals surface area contributed by atoms with Gasteiger partial charge in [0.2, 0.25) is 0 Å². The molecule has 0 aliphatic carbocycles. The second-order valence-electron chi connectivity index (χ2n) is 3.64. The van der Waals surface area contributed by atoms with Gasteiger partial charge in [-0.1, -0.05) is 24.3 Å². The quantitative estimate of drug-likeness (QED) is 0.779. The van der Waals surface area contributed by atoms with Crippen molar-refractivity contribution in [3.63, 3.8) is 0 Å². The number of carbonyl (C=O) groups is 1. The van der Waals surface area contributed by atoms with Crippen LogP contribution in [0.5, 0.6) is 0 Å². The number of hydrogen-bond donors (Lipinski definition) is 0. The van der Waals surface area contributed by atoms with E-state index >= 15 is 0 Å². The number of benzene rings is 2. The molecule has 0 fully saturated rings. The highest BCUT2D eigenvalue weighted by molar-refractivity contribution is 5.89. The normalized spacial score (nSPS) is 10.1. The predicted molar refractivity (Wildman–Crippen MR) is 61.9 cm³/mol. The lowest BCUT2D eigenvalue weighted by Crippen LogP contribution is -2.07. The summed E-state index contributed by atoms with van der Waals surface area (Å²) in [7, 11) is 0. The van der Waals surface area contributed by atoms with E-state index in [4.69, 9.17) is 4.74 Å². The molecule has 92 valence electrons. The van der Waals surface area contributed by atoms with E-state index in [1.165, 1.54) is 6.07 Å². The average molecular weight is 248 g/mol. The average Bonchev–Trinajstić information content (AvgIpc) is 2.39. The molecular weight excluding hydrogens is 238 g/mol. The molecule has 2 rings (SSSR count). The van der Waals surface area contributed by atoms with Gasteiger partial charge in [-0.2, -0.15) is 0 Å². The second-order valence-corrected chi connectivity index (χ2v) is 3.64. The SMILES string of the molecule is O=C(OCc1c(F)cccc1F)c1ccccc1. The van der Waals surface area contributed by atoms with Gasteiger partial charge in [-0.15, -0.1) is 0 Å². The summed E-state index contributed by atoms with van der Waals surface area (Å²) in [5, 5.41) is 0. The van der Waals surface area contributed by atoms with Crippen LogP contribution < -0.4 is 0 Å². The van der Waals surface area contributed by atoms with E-state index < -0.39 is 24.2 Å². The van der Waals surface area contributed by atoms with Crippen LogP contribution in [-0.2, 0) is 11.3 Å². The molecule has 2 aromatic rings. The summed E-state index contributed by atoms with van der Waals surface area (Å²) < 4.78 is 31.4. The third-order valence-electron chi connectivity index (χ3n) is 2.42. The zero-order valence-corrected chi connectivity index (χ0v) is 9.40. The van der Waals surface area contributed by atoms with E-state index in [0.717, 1.165) is 12.1 Å². The molecule has 0 saturated carbocycles. The van der Waals surface area contributed by atoms with Crippen LogP contribution in [0.25, 0.3) is 0 Å². The van der Waals surface area contributed by atoms with Crippen LogP contribution >= 0.6 is 0 Å². The predicted octanol–water partition coefficient (Wildman–Crippen LogP) is 3.32. The van der Waals surface area contributed by atoms with Gasteiger partial charge in [-0.25, -0.2) is 13.6 Å². The van der Waals surface area contributed by atoms with Crippen LogP contribution in [0.3, 0.4) is 0 Å². The van der Waals surface area contributed by atoms with E-state index in [-0.39, 0.29) is 5.56 Å². The van der Waals surface area contributed by atoms with E-state index in [0.29, 0.717) is 5.56 Å². The van der Waals surface area contributed by atoms with Gasteiger partial charge in [-0.3, -0.25) is 0 Å². The van der Waals surface area contributed by atoms with Crippen molar-refractivity contribution in [2.24, 2.45) is 0 Å². The lowest BCUT2D eigenvalue weighted by Gasteiger charge is -2.06. The minimum Gasteiger partial charge on any atom is -0.457 e. The van der Waals surface area contributed by atoms with E-state index in [1.54, 1.807) is 30.3 Å². The summed E-state index contributed by atoms with van der Waals surface area (Å²) in [6, 6.07) is 11.8. The topological polar surface area (TPSA) is 26.3 Å². The van der Waals surface area contributed by atoms with Crippen molar-refractivity contribution >= 4 is 5.97 Å². The molecule has 0 aliphatic rings. The first-order valence-corrected chi connectivity index (χ1v) is 5.33. The number of halogens is 2. The van der Waals surface area contributed by atoms with Crippen molar-refractivity contribution in [3.05, 3.63) is 71.3 Å². The number of carbonyl (C=O) groups excluding carboxylic acids is 1. The van der Waals surface area contributed by atoms with Crippen LogP contribution in [0.15, 0.2) is 48.5 Å². The Morgan fingerprint density at radius 1 is 0.944 bits per heavy atom. The van der Waals surface area contributed by atoms with Crippen molar-refractivity contribution in [1.82, 2.24) is 0 Å². The Hall–Kier alpha value is -2.23. The van der Waals surface area contributed by atoms with Gasteiger partial charge in [-0.05, 0) is 24.3 Å². The molecule has 4 heteroatoms. The lowest BCUT2D eigenvalue weighted by atomic mass is 10.2. The summed E-state index contributed by atoms with van der Waals surface area (Å²) in [5.74, 6) is -2.06. The molecule has 0 atom stereocenters. The van der Waals surface area contributed by atoms with Crippen molar-refractivity contribution in [2.75, 3.05) is 0 Å². The van der Waals surface area contributed by atoms with Crippen molar-refractivity contribution in [2.45, 2.75) is 6.61 Å². The Morgan fingerprint density at radius 2 is 1.56 bits per heavy atom. The molecule has 2 aromatic carbocycles. The standard InChI is InChI=1S/C14H10F2O2/c15-12-7-4-8-13(16)11(12)9-18-14(17)10-5-2-1-3-6-10/h1-8H,9H2. The fraction of sp³-hybridized carbons (Fsp3) is 0.0714. The molecule has 0 aliphatic heterocycles. The highest BCUT2D eigenvalue weighted by Crippen LogP contribution is 2.14. The molecule has 0 spiro atoms. The lowest BCUT2D eigenvalue weighted by molar-refractivity contribution is 0.0465. The number of ether oxygens (including phenoxy) is 1. The van der Waals surface area contributed by atoms with Crippen molar-refractivity contribution < 1.29 is 18.3 Å². The largest absolute Gasteiger partial charge is 0.457 e. The Balaban J connectivity index is 2.07. The summed E-state index contributed by atoms with van der Waals surface area (Å²) in [5.41, 5.74) is 0.0935. The molecule has 0 unspecified atom stereocenters. The summed E-state index contributed by atoms with van der Waals surface area (Å²) in [6.45, 7) is -0.424. The molecule has 0 radical (unpaired) electrons. The second kappa shape index (κ2) is 5.40. The van der Waals surface area contributed by atoms with Crippen LogP contribution in [0.1, 0.15) is 15.9 Å². The highest BCUT2D eigenvalue weighted by atomic mass is 19.1. The number of esters is 1. The van der Waals surface area contributed by atoms with Gasteiger partial charge in [0, 0.05) is 0 Å². The van der Waals surface area contributed by atoms with E-state index in [1.807, 2.05) is 0 Å². The molecule has 18 heavy (non-hydrogen) atoms. The molecule has 0 saturated heterocycles. The minimum atomic E-state index is -0.726. The Morgan fingerprint density at radius 3 is 2.17 bits per heavy atom. The fourth-order valence-corrected chi connectivity index (χ4v) is 1.47. The van der Waals surface area contributed by atoms with E-state index in [2.05, 4.69) is 0 Å². The first-order chi connectivity index (χ1) is 8.68. The third kappa shape index (κ3) is 2.71. The van der Waals surface area contributed by atoms with E-state index in [9.17, 15) is 13.6 Å². The van der Waals surface area contributed by atoms with Crippen LogP contribution in [-0.4, -0.2) is 5.97 Å². The molecule has 0 aromatic heterocycles. The molecule has 2 nitrogen and oxygen atoms in total. The van der Waals surface area contributed by atoms with Gasteiger partial charge in [0.15, 0.2) is 0 Å². The Bertz CT molecular complexity index is 533. The zero-order chi connectivity index (χ0) is 13.0. The van der Waals surface area contributed by atoms with Crippen LogP contribution in [0.4, 0.5) is 8.78 Å². The fourth-order valence-electron chi connectivity index (χ4n) is 1.47. The highest BCUT2D eigenvalue weighted by Gasteiger charge is 2.12. The van der Waals surface area contributed by atoms with Crippen molar-refractivity contribution in [3.8, 4) is 0 Å². The zero-order valence-electron chi connectivity index (χ0n) is 9.40. The maximum atomic E-state index is 13.3. The van der Waals surface area contributed by atoms with Crippen molar-refractivity contribution in [1.29, 1.82) is 0 Å². The number of rotatable bonds is 3. The van der Waals surface area contributed by atoms with Gasteiger partial charge in [0.25, 0.3) is 0 Å². The third-order valence-corrected chi connectivity index (χ3v) is 2.42. The summed E-state index contributed by atoms with van der Waals surface area (Å²) in [6.07, 6.45) is 0. The smallest absolute Gasteiger partial charge is 0.338 e. The monoisotopic (exact) mass is 248 g/mol. The first kappa shape index (κ1) is 12.2. The maximum Gasteiger partial charge on any atom is 0.338 e. The molecule has 0 N–H and O–H groups in total. The van der Waals surface area contributed by atoms with Gasteiger partial charge in [0.05, 0.1) is 11.1 Å².